The van der Waals surface area contributed by atoms with Gasteiger partial charge in [-0.05, 0) is 58.9 Å². The zero-order valence-corrected chi connectivity index (χ0v) is 20.8. The molecule has 3 N–H and O–H groups in total. The average Bonchev–Trinajstić information content (AvgIpc) is 2.72. The lowest BCUT2D eigenvalue weighted by Gasteiger charge is -2.58. The summed E-state index contributed by atoms with van der Waals surface area (Å²) in [5.74, 6) is 0.974. The third-order valence-electron chi connectivity index (χ3n) is 7.05. The van der Waals surface area contributed by atoms with Crippen molar-refractivity contribution in [2.75, 3.05) is 39.3 Å². The Kier molecular flexibility index (Phi) is 11.0. The molecule has 0 amide bonds. The van der Waals surface area contributed by atoms with Crippen molar-refractivity contribution in [3.05, 3.63) is 0 Å². The Labute approximate surface area is 194 Å². The standard InChI is InChI=1S/C22H42N4O2.HI/c1-3-23-21(24-13-8-14-26-15-9-18(27)10-16-26)25-19-17-20(28-4-2)22(19)11-6-5-7-12-22;/h18-20,27H,3-17H2,1-2H3,(H2,23,24,25);1H. The van der Waals surface area contributed by atoms with Crippen molar-refractivity contribution in [1.82, 2.24) is 15.5 Å². The molecular formula is C22H43IN4O2. The maximum absolute atomic E-state index is 9.63. The molecule has 1 spiro atoms. The largest absolute Gasteiger partial charge is 0.393 e. The second kappa shape index (κ2) is 12.7. The van der Waals surface area contributed by atoms with Crippen molar-refractivity contribution in [3.8, 4) is 0 Å². The SMILES string of the molecule is CCNC(=NCCCN1CCC(O)CC1)NC1CC(OCC)C12CCCCC2.I. The van der Waals surface area contributed by atoms with E-state index < -0.39 is 0 Å². The Hall–Kier alpha value is -0.120. The zero-order chi connectivity index (χ0) is 19.8. The van der Waals surface area contributed by atoms with E-state index in [1.165, 1.54) is 32.1 Å². The molecule has 170 valence electrons. The van der Waals surface area contributed by atoms with Gasteiger partial charge in [0.15, 0.2) is 5.96 Å². The summed E-state index contributed by atoms with van der Waals surface area (Å²) in [6.45, 7) is 9.94. The van der Waals surface area contributed by atoms with Gasteiger partial charge in [-0.1, -0.05) is 19.3 Å². The van der Waals surface area contributed by atoms with Crippen LogP contribution in [0.5, 0.6) is 0 Å². The monoisotopic (exact) mass is 522 g/mol. The number of aliphatic imine (C=N–C) groups is 1. The number of nitrogens with one attached hydrogen (secondary N) is 2. The summed E-state index contributed by atoms with van der Waals surface area (Å²) in [5.41, 5.74) is 0.319. The number of nitrogens with zero attached hydrogens (tertiary/aromatic N) is 2. The van der Waals surface area contributed by atoms with Crippen molar-refractivity contribution in [2.24, 2.45) is 10.4 Å². The van der Waals surface area contributed by atoms with Crippen LogP contribution in [0.4, 0.5) is 0 Å². The molecule has 0 aromatic heterocycles. The first-order valence-corrected chi connectivity index (χ1v) is 11.7. The molecule has 2 saturated carbocycles. The molecular weight excluding hydrogens is 479 g/mol. The van der Waals surface area contributed by atoms with Crippen LogP contribution in [0.1, 0.15) is 71.6 Å². The van der Waals surface area contributed by atoms with Crippen LogP contribution in [0.2, 0.25) is 0 Å². The van der Waals surface area contributed by atoms with Gasteiger partial charge in [-0.25, -0.2) is 0 Å². The van der Waals surface area contributed by atoms with E-state index in [-0.39, 0.29) is 30.1 Å². The van der Waals surface area contributed by atoms with Crippen LogP contribution >= 0.6 is 24.0 Å². The summed E-state index contributed by atoms with van der Waals surface area (Å²) < 4.78 is 6.09. The number of hydrogen-bond acceptors (Lipinski definition) is 4. The van der Waals surface area contributed by atoms with Gasteiger partial charge in [0, 0.05) is 44.2 Å². The first kappa shape index (κ1) is 25.1. The summed E-state index contributed by atoms with van der Waals surface area (Å²) in [5, 5.41) is 16.8. The Balaban J connectivity index is 0.00000300. The molecule has 1 heterocycles. The van der Waals surface area contributed by atoms with E-state index in [0.717, 1.165) is 71.0 Å². The fourth-order valence-corrected chi connectivity index (χ4v) is 5.38. The van der Waals surface area contributed by atoms with Gasteiger partial charge in [0.1, 0.15) is 0 Å². The van der Waals surface area contributed by atoms with E-state index in [2.05, 4.69) is 29.4 Å². The maximum Gasteiger partial charge on any atom is 0.191 e. The zero-order valence-electron chi connectivity index (χ0n) is 18.5. The smallest absolute Gasteiger partial charge is 0.191 e. The molecule has 29 heavy (non-hydrogen) atoms. The summed E-state index contributed by atoms with van der Waals surface area (Å²) in [7, 11) is 0. The number of likely N-dealkylation sites (tertiary alicyclic amines) is 1. The number of hydrogen-bond donors (Lipinski definition) is 3. The molecule has 0 aromatic rings. The number of piperidine rings is 1. The molecule has 7 heteroatoms. The first-order chi connectivity index (χ1) is 13.7. The Morgan fingerprint density at radius 2 is 1.90 bits per heavy atom. The Morgan fingerprint density at radius 1 is 1.17 bits per heavy atom. The van der Waals surface area contributed by atoms with E-state index in [4.69, 9.17) is 9.73 Å². The highest BCUT2D eigenvalue weighted by atomic mass is 127. The molecule has 1 aliphatic heterocycles. The third-order valence-corrected chi connectivity index (χ3v) is 7.05. The van der Waals surface area contributed by atoms with Crippen LogP contribution < -0.4 is 10.6 Å². The average molecular weight is 523 g/mol. The van der Waals surface area contributed by atoms with Gasteiger partial charge in [0.2, 0.25) is 0 Å². The van der Waals surface area contributed by atoms with Crippen molar-refractivity contribution in [1.29, 1.82) is 0 Å². The lowest BCUT2D eigenvalue weighted by Crippen LogP contribution is -2.66. The van der Waals surface area contributed by atoms with E-state index in [1.807, 2.05) is 0 Å². The lowest BCUT2D eigenvalue weighted by molar-refractivity contribution is -0.145. The molecule has 6 nitrogen and oxygen atoms in total. The normalized spacial score (nSPS) is 27.9. The quantitative estimate of drug-likeness (QED) is 0.198. The molecule has 1 saturated heterocycles. The second-order valence-electron chi connectivity index (χ2n) is 8.86. The summed E-state index contributed by atoms with van der Waals surface area (Å²) in [6.07, 6.45) is 11.0. The highest BCUT2D eigenvalue weighted by molar-refractivity contribution is 14.0. The number of guanidine groups is 1. The summed E-state index contributed by atoms with van der Waals surface area (Å²) >= 11 is 0. The van der Waals surface area contributed by atoms with Crippen molar-refractivity contribution in [3.63, 3.8) is 0 Å². The van der Waals surface area contributed by atoms with Crippen LogP contribution in [0, 0.1) is 5.41 Å². The minimum atomic E-state index is -0.0890. The van der Waals surface area contributed by atoms with Crippen molar-refractivity contribution < 1.29 is 9.84 Å². The van der Waals surface area contributed by atoms with Crippen LogP contribution in [0.25, 0.3) is 0 Å². The Bertz CT molecular complexity index is 491. The van der Waals surface area contributed by atoms with Crippen molar-refractivity contribution >= 4 is 29.9 Å². The summed E-state index contributed by atoms with van der Waals surface area (Å²) in [4.78, 5) is 7.32. The highest BCUT2D eigenvalue weighted by Gasteiger charge is 2.55. The predicted octanol–water partition coefficient (Wildman–Crippen LogP) is 3.13. The molecule has 0 radical (unpaired) electrons. The Morgan fingerprint density at radius 3 is 2.55 bits per heavy atom. The van der Waals surface area contributed by atoms with Crippen LogP contribution in [-0.4, -0.2) is 73.5 Å². The topological polar surface area (TPSA) is 69.1 Å². The van der Waals surface area contributed by atoms with Gasteiger partial charge in [0.25, 0.3) is 0 Å². The fourth-order valence-electron chi connectivity index (χ4n) is 5.38. The van der Waals surface area contributed by atoms with Crippen molar-refractivity contribution in [2.45, 2.75) is 89.9 Å². The van der Waals surface area contributed by atoms with Gasteiger partial charge in [0.05, 0.1) is 12.2 Å². The van der Waals surface area contributed by atoms with Crippen LogP contribution in [0.15, 0.2) is 4.99 Å². The van der Waals surface area contributed by atoms with Gasteiger partial charge < -0.3 is 25.4 Å². The molecule has 3 aliphatic rings. The van der Waals surface area contributed by atoms with E-state index in [9.17, 15) is 5.11 Å². The number of aliphatic hydroxyl groups is 1. The molecule has 0 bridgehead atoms. The predicted molar refractivity (Wildman–Crippen MR) is 130 cm³/mol. The minimum absolute atomic E-state index is 0. The molecule has 3 fully saturated rings. The fraction of sp³-hybridized carbons (Fsp3) is 0.955. The second-order valence-corrected chi connectivity index (χ2v) is 8.86. The molecule has 2 atom stereocenters. The van der Waals surface area contributed by atoms with Gasteiger partial charge in [-0.15, -0.1) is 24.0 Å². The van der Waals surface area contributed by atoms with Crippen LogP contribution in [0.3, 0.4) is 0 Å². The van der Waals surface area contributed by atoms with Crippen LogP contribution in [-0.2, 0) is 4.74 Å². The molecule has 3 rings (SSSR count). The number of halogens is 1. The van der Waals surface area contributed by atoms with E-state index in [1.54, 1.807) is 0 Å². The number of rotatable bonds is 8. The first-order valence-electron chi connectivity index (χ1n) is 11.7. The number of ether oxygens (including phenoxy) is 1. The molecule has 2 aliphatic carbocycles. The van der Waals surface area contributed by atoms with Gasteiger partial charge >= 0.3 is 0 Å². The highest BCUT2D eigenvalue weighted by Crippen LogP contribution is 2.53. The van der Waals surface area contributed by atoms with E-state index in [0.29, 0.717) is 17.6 Å². The summed E-state index contributed by atoms with van der Waals surface area (Å²) in [6, 6.07) is 0.491. The lowest BCUT2D eigenvalue weighted by atomic mass is 9.55. The molecule has 2 unspecified atom stereocenters. The van der Waals surface area contributed by atoms with Gasteiger partial charge in [-0.3, -0.25) is 4.99 Å². The number of aliphatic hydroxyl groups excluding tert-OH is 1. The maximum atomic E-state index is 9.63. The minimum Gasteiger partial charge on any atom is -0.393 e. The molecule has 0 aromatic carbocycles. The third kappa shape index (κ3) is 6.68. The van der Waals surface area contributed by atoms with Gasteiger partial charge in [-0.2, -0.15) is 0 Å². The van der Waals surface area contributed by atoms with E-state index >= 15 is 0 Å².